The molecule has 8 heteroatoms. The second kappa shape index (κ2) is 10.0. The molecular weight excluding hydrogens is 443 g/mol. The molecule has 3 aromatic rings. The van der Waals surface area contributed by atoms with Crippen LogP contribution in [0.3, 0.4) is 0 Å². The first kappa shape index (κ1) is 23.4. The number of benzene rings is 2. The van der Waals surface area contributed by atoms with E-state index < -0.39 is 6.36 Å². The fourth-order valence-corrected chi connectivity index (χ4v) is 4.54. The van der Waals surface area contributed by atoms with Crippen molar-refractivity contribution in [3.8, 4) is 22.9 Å². The number of halogens is 3. The van der Waals surface area contributed by atoms with Crippen LogP contribution in [0.25, 0.3) is 11.1 Å². The van der Waals surface area contributed by atoms with Crippen molar-refractivity contribution in [2.45, 2.75) is 38.0 Å². The van der Waals surface area contributed by atoms with Crippen LogP contribution < -0.4 is 10.1 Å². The van der Waals surface area contributed by atoms with E-state index in [2.05, 4.69) is 21.1 Å². The maximum atomic E-state index is 12.9. The third-order valence-electron chi connectivity index (χ3n) is 6.30. The van der Waals surface area contributed by atoms with Crippen LogP contribution in [0.1, 0.15) is 53.1 Å². The fourth-order valence-electron chi connectivity index (χ4n) is 4.54. The van der Waals surface area contributed by atoms with Gasteiger partial charge in [-0.1, -0.05) is 30.3 Å². The highest BCUT2D eigenvalue weighted by Crippen LogP contribution is 2.37. The van der Waals surface area contributed by atoms with Gasteiger partial charge < -0.3 is 15.0 Å². The predicted molar refractivity (Wildman–Crippen MR) is 121 cm³/mol. The number of rotatable bonds is 6. The summed E-state index contributed by atoms with van der Waals surface area (Å²) >= 11 is 0. The molecule has 34 heavy (non-hydrogen) atoms. The highest BCUT2D eigenvalue weighted by molar-refractivity contribution is 6.01. The number of carbonyl (C=O) groups is 1. The fraction of sp³-hybridized carbons (Fsp3) is 0.308. The third kappa shape index (κ3) is 5.60. The second-order valence-electron chi connectivity index (χ2n) is 8.49. The zero-order valence-electron chi connectivity index (χ0n) is 18.4. The highest BCUT2D eigenvalue weighted by Gasteiger charge is 2.32. The summed E-state index contributed by atoms with van der Waals surface area (Å²) in [6, 6.07) is 15.6. The molecule has 2 aromatic carbocycles. The number of H-pyrrole nitrogens is 1. The van der Waals surface area contributed by atoms with Crippen LogP contribution in [-0.4, -0.2) is 23.8 Å². The monoisotopic (exact) mass is 467 g/mol. The normalized spacial score (nSPS) is 18.2. The molecule has 0 bridgehead atoms. The Balaban J connectivity index is 1.36. The minimum Gasteiger partial charge on any atom is -0.405 e. The predicted octanol–water partition coefficient (Wildman–Crippen LogP) is 6.16. The van der Waals surface area contributed by atoms with Crippen molar-refractivity contribution in [1.29, 1.82) is 5.26 Å². The van der Waals surface area contributed by atoms with Crippen molar-refractivity contribution in [3.05, 3.63) is 77.6 Å². The Morgan fingerprint density at radius 2 is 1.74 bits per heavy atom. The van der Waals surface area contributed by atoms with E-state index in [-0.39, 0.29) is 22.8 Å². The largest absolute Gasteiger partial charge is 0.573 e. The molecule has 0 unspecified atom stereocenters. The number of hydrogen-bond donors (Lipinski definition) is 2. The Bertz CT molecular complexity index is 1170. The molecule has 1 aromatic heterocycles. The maximum Gasteiger partial charge on any atom is 0.573 e. The molecule has 1 amide bonds. The van der Waals surface area contributed by atoms with Gasteiger partial charge in [-0.25, -0.2) is 0 Å². The van der Waals surface area contributed by atoms with Gasteiger partial charge >= 0.3 is 6.36 Å². The number of nitrogens with one attached hydrogen (secondary N) is 2. The topological polar surface area (TPSA) is 77.9 Å². The molecule has 1 heterocycles. The molecule has 1 aliphatic rings. The van der Waals surface area contributed by atoms with Crippen molar-refractivity contribution >= 4 is 5.91 Å². The number of nitriles is 1. The number of aromatic nitrogens is 1. The van der Waals surface area contributed by atoms with Gasteiger partial charge in [0.2, 0.25) is 0 Å². The molecule has 0 radical (unpaired) electrons. The van der Waals surface area contributed by atoms with E-state index in [0.717, 1.165) is 25.7 Å². The van der Waals surface area contributed by atoms with Crippen LogP contribution in [0.5, 0.6) is 5.75 Å². The molecule has 0 atom stereocenters. The lowest BCUT2D eigenvalue weighted by molar-refractivity contribution is -0.274. The maximum absolute atomic E-state index is 12.9. The molecule has 2 N–H and O–H groups in total. The number of ether oxygens (including phenoxy) is 1. The van der Waals surface area contributed by atoms with Gasteiger partial charge in [-0.05, 0) is 61.3 Å². The summed E-state index contributed by atoms with van der Waals surface area (Å²) in [4.78, 5) is 15.7. The van der Waals surface area contributed by atoms with Gasteiger partial charge in [0.15, 0.2) is 0 Å². The molecule has 0 spiro atoms. The first-order chi connectivity index (χ1) is 16.3. The molecule has 4 rings (SSSR count). The smallest absolute Gasteiger partial charge is 0.405 e. The van der Waals surface area contributed by atoms with E-state index in [1.165, 1.54) is 36.2 Å². The van der Waals surface area contributed by atoms with E-state index in [1.54, 1.807) is 6.07 Å². The molecule has 0 aliphatic heterocycles. The molecule has 1 fully saturated rings. The lowest BCUT2D eigenvalue weighted by atomic mass is 9.78. The van der Waals surface area contributed by atoms with Gasteiger partial charge in [0.25, 0.3) is 5.91 Å². The lowest BCUT2D eigenvalue weighted by Gasteiger charge is -2.29. The van der Waals surface area contributed by atoms with E-state index >= 15 is 0 Å². The van der Waals surface area contributed by atoms with Crippen LogP contribution in [0.4, 0.5) is 13.2 Å². The van der Waals surface area contributed by atoms with Crippen molar-refractivity contribution in [2.75, 3.05) is 6.54 Å². The van der Waals surface area contributed by atoms with Crippen LogP contribution in [-0.2, 0) is 0 Å². The van der Waals surface area contributed by atoms with Crippen LogP contribution in [0, 0.1) is 17.2 Å². The Morgan fingerprint density at radius 3 is 2.41 bits per heavy atom. The quantitative estimate of drug-likeness (QED) is 0.456. The van der Waals surface area contributed by atoms with Gasteiger partial charge in [0, 0.05) is 30.1 Å². The number of amides is 1. The minimum atomic E-state index is -4.83. The summed E-state index contributed by atoms with van der Waals surface area (Å²) < 4.78 is 42.5. The number of carbonyl (C=O) groups excluding carboxylic acids is 1. The lowest BCUT2D eigenvalue weighted by Crippen LogP contribution is -2.31. The molecule has 5 nitrogen and oxygen atoms in total. The SMILES string of the molecule is N#Cc1ccc(C2CCC(CNC(=O)c3c[nH]cc3-c3ccccc3OC(F)(F)F)CC2)cc1. The number of para-hydroxylation sites is 1. The van der Waals surface area contributed by atoms with Crippen molar-refractivity contribution < 1.29 is 22.7 Å². The van der Waals surface area contributed by atoms with E-state index in [0.29, 0.717) is 29.5 Å². The van der Waals surface area contributed by atoms with Crippen molar-refractivity contribution in [3.63, 3.8) is 0 Å². The Hall–Kier alpha value is -3.73. The summed E-state index contributed by atoms with van der Waals surface area (Å²) in [6.45, 7) is 0.504. The molecule has 1 saturated carbocycles. The zero-order chi connectivity index (χ0) is 24.1. The summed E-state index contributed by atoms with van der Waals surface area (Å²) in [7, 11) is 0. The Kier molecular flexibility index (Phi) is 6.92. The average Bonchev–Trinajstić information content (AvgIpc) is 3.32. The van der Waals surface area contributed by atoms with Crippen molar-refractivity contribution in [2.24, 2.45) is 5.92 Å². The van der Waals surface area contributed by atoms with E-state index in [9.17, 15) is 18.0 Å². The molecule has 176 valence electrons. The summed E-state index contributed by atoms with van der Waals surface area (Å²) in [5.74, 6) is 0.0833. The Morgan fingerprint density at radius 1 is 1.03 bits per heavy atom. The van der Waals surface area contributed by atoms with Crippen molar-refractivity contribution in [1.82, 2.24) is 10.3 Å². The summed E-state index contributed by atoms with van der Waals surface area (Å²) in [6.07, 6.45) is 2.09. The number of alkyl halides is 3. The first-order valence-electron chi connectivity index (χ1n) is 11.1. The standard InChI is InChI=1S/C26H24F3N3O2/c27-26(28,29)34-24-4-2-1-3-21(24)22-15-31-16-23(22)25(33)32-14-18-7-11-20(12-8-18)19-9-5-17(13-30)6-10-19/h1-6,9-10,15-16,18,20,31H,7-8,11-12,14H2,(H,32,33). The average molecular weight is 467 g/mol. The number of nitrogens with zero attached hydrogens (tertiary/aromatic N) is 1. The zero-order valence-corrected chi connectivity index (χ0v) is 18.4. The molecule has 0 saturated heterocycles. The second-order valence-corrected chi connectivity index (χ2v) is 8.49. The third-order valence-corrected chi connectivity index (χ3v) is 6.30. The van der Waals surface area contributed by atoms with E-state index in [1.807, 2.05) is 24.3 Å². The van der Waals surface area contributed by atoms with Gasteiger partial charge in [-0.15, -0.1) is 13.2 Å². The first-order valence-corrected chi connectivity index (χ1v) is 11.1. The van der Waals surface area contributed by atoms with Gasteiger partial charge in [-0.2, -0.15) is 5.26 Å². The van der Waals surface area contributed by atoms with Gasteiger partial charge in [0.1, 0.15) is 5.75 Å². The van der Waals surface area contributed by atoms with Crippen LogP contribution in [0.15, 0.2) is 60.9 Å². The van der Waals surface area contributed by atoms with Crippen LogP contribution in [0.2, 0.25) is 0 Å². The summed E-state index contributed by atoms with van der Waals surface area (Å²) in [5.41, 5.74) is 2.69. The summed E-state index contributed by atoms with van der Waals surface area (Å²) in [5, 5.41) is 11.9. The van der Waals surface area contributed by atoms with Crippen LogP contribution >= 0.6 is 0 Å². The van der Waals surface area contributed by atoms with E-state index in [4.69, 9.17) is 5.26 Å². The number of hydrogen-bond acceptors (Lipinski definition) is 3. The highest BCUT2D eigenvalue weighted by atomic mass is 19.4. The van der Waals surface area contributed by atoms with Gasteiger partial charge in [0.05, 0.1) is 17.2 Å². The molecular formula is C26H24F3N3O2. The number of aromatic amines is 1. The Labute approximate surface area is 195 Å². The molecule has 1 aliphatic carbocycles. The minimum absolute atomic E-state index is 0.189. The van der Waals surface area contributed by atoms with Gasteiger partial charge in [-0.3, -0.25) is 4.79 Å².